The number of anilines is 2. The molecule has 0 radical (unpaired) electrons. The van der Waals surface area contributed by atoms with Crippen molar-refractivity contribution >= 4 is 44.6 Å². The van der Waals surface area contributed by atoms with E-state index in [1.165, 1.54) is 45.4 Å². The summed E-state index contributed by atoms with van der Waals surface area (Å²) in [6.45, 7) is 2.87. The Morgan fingerprint density at radius 2 is 1.91 bits per heavy atom. The van der Waals surface area contributed by atoms with E-state index in [9.17, 15) is 18.0 Å². The molecule has 1 aliphatic heterocycles. The van der Waals surface area contributed by atoms with Crippen LogP contribution in [0.25, 0.3) is 0 Å². The second kappa shape index (κ2) is 9.25. The zero-order valence-electron chi connectivity index (χ0n) is 17.9. The third kappa shape index (κ3) is 4.76. The molecule has 0 saturated carbocycles. The highest BCUT2D eigenvalue weighted by atomic mass is 35.5. The normalized spacial score (nSPS) is 14.0. The molecule has 172 valence electrons. The Morgan fingerprint density at radius 3 is 2.56 bits per heavy atom. The number of sulfone groups is 1. The molecule has 0 aliphatic carbocycles. The van der Waals surface area contributed by atoms with Gasteiger partial charge < -0.3 is 24.8 Å². The molecule has 32 heavy (non-hydrogen) atoms. The molecular weight excluding hydrogens is 460 g/mol. The molecule has 2 aromatic rings. The number of aryl methyl sites for hydroxylation is 1. The average Bonchev–Trinajstić information content (AvgIpc) is 2.73. The van der Waals surface area contributed by atoms with E-state index in [1.54, 1.807) is 6.92 Å². The fourth-order valence-electron chi connectivity index (χ4n) is 3.27. The van der Waals surface area contributed by atoms with E-state index in [0.717, 1.165) is 0 Å². The van der Waals surface area contributed by atoms with Gasteiger partial charge in [-0.05, 0) is 31.5 Å². The predicted octanol–water partition coefficient (Wildman–Crippen LogP) is 3.19. The van der Waals surface area contributed by atoms with Crippen LogP contribution in [-0.2, 0) is 19.4 Å². The van der Waals surface area contributed by atoms with Crippen molar-refractivity contribution in [3.05, 3.63) is 34.9 Å². The Bertz CT molecular complexity index is 1180. The van der Waals surface area contributed by atoms with Crippen molar-refractivity contribution < 1.29 is 32.2 Å². The fourth-order valence-corrected chi connectivity index (χ4v) is 5.09. The molecule has 1 heterocycles. The minimum Gasteiger partial charge on any atom is -0.495 e. The third-order valence-electron chi connectivity index (χ3n) is 4.97. The van der Waals surface area contributed by atoms with Crippen molar-refractivity contribution in [3.8, 4) is 17.2 Å². The second-order valence-electron chi connectivity index (χ2n) is 7.25. The number of amides is 2. The zero-order chi connectivity index (χ0) is 23.6. The standard InChI is InChI=1S/C21H23ClN2O7S/c1-11-5-14-18(31-10-21(26)24-14)9-19(11)32(27,28)12(2)6-20(25)23-15-7-13(22)16(29-3)8-17(15)30-4/h5,7-9,12H,6,10H2,1-4H3,(H,23,25)(H,24,26). The number of ether oxygens (including phenoxy) is 3. The summed E-state index contributed by atoms with van der Waals surface area (Å²) in [4.78, 5) is 24.1. The van der Waals surface area contributed by atoms with Gasteiger partial charge in [-0.1, -0.05) is 11.6 Å². The number of rotatable bonds is 7. The van der Waals surface area contributed by atoms with E-state index in [-0.39, 0.29) is 34.6 Å². The SMILES string of the molecule is COc1cc(OC)c(NC(=O)CC(C)S(=O)(=O)c2cc3c(cc2C)NC(=O)CO3)cc1Cl. The van der Waals surface area contributed by atoms with Crippen molar-refractivity contribution in [2.75, 3.05) is 31.5 Å². The molecule has 2 N–H and O–H groups in total. The van der Waals surface area contributed by atoms with Crippen LogP contribution in [0, 0.1) is 6.92 Å². The van der Waals surface area contributed by atoms with E-state index < -0.39 is 21.0 Å². The topological polar surface area (TPSA) is 120 Å². The van der Waals surface area contributed by atoms with Crippen molar-refractivity contribution in [1.82, 2.24) is 0 Å². The second-order valence-corrected chi connectivity index (χ2v) is 9.99. The number of halogens is 1. The lowest BCUT2D eigenvalue weighted by Gasteiger charge is -2.21. The summed E-state index contributed by atoms with van der Waals surface area (Å²) >= 11 is 6.12. The maximum Gasteiger partial charge on any atom is 0.262 e. The summed E-state index contributed by atoms with van der Waals surface area (Å²) in [6, 6.07) is 5.90. The Morgan fingerprint density at radius 1 is 1.22 bits per heavy atom. The van der Waals surface area contributed by atoms with Crippen molar-refractivity contribution in [1.29, 1.82) is 0 Å². The zero-order valence-corrected chi connectivity index (χ0v) is 19.5. The average molecular weight is 483 g/mol. The van der Waals surface area contributed by atoms with Gasteiger partial charge in [-0.15, -0.1) is 0 Å². The minimum absolute atomic E-state index is 0.0396. The lowest BCUT2D eigenvalue weighted by Crippen LogP contribution is -2.27. The molecule has 0 fully saturated rings. The first kappa shape index (κ1) is 23.7. The molecule has 1 atom stereocenters. The minimum atomic E-state index is -3.87. The Balaban J connectivity index is 1.80. The van der Waals surface area contributed by atoms with Gasteiger partial charge in [-0.2, -0.15) is 0 Å². The highest BCUT2D eigenvalue weighted by Gasteiger charge is 2.30. The van der Waals surface area contributed by atoms with E-state index in [0.29, 0.717) is 28.4 Å². The van der Waals surface area contributed by atoms with Gasteiger partial charge in [-0.25, -0.2) is 8.42 Å². The number of methoxy groups -OCH3 is 2. The Kier molecular flexibility index (Phi) is 6.85. The summed E-state index contributed by atoms with van der Waals surface area (Å²) in [5.74, 6) is 0.118. The molecule has 1 aliphatic rings. The van der Waals surface area contributed by atoms with Crippen molar-refractivity contribution in [3.63, 3.8) is 0 Å². The molecule has 1 unspecified atom stereocenters. The number of benzene rings is 2. The van der Waals surface area contributed by atoms with Crippen molar-refractivity contribution in [2.45, 2.75) is 30.4 Å². The monoisotopic (exact) mass is 482 g/mol. The summed E-state index contributed by atoms with van der Waals surface area (Å²) in [7, 11) is -0.993. The molecule has 0 bridgehead atoms. The van der Waals surface area contributed by atoms with Crippen LogP contribution in [-0.4, -0.2) is 46.3 Å². The first-order chi connectivity index (χ1) is 15.1. The molecule has 2 amide bonds. The van der Waals surface area contributed by atoms with Gasteiger partial charge in [0.05, 0.1) is 40.8 Å². The van der Waals surface area contributed by atoms with E-state index in [2.05, 4.69) is 10.6 Å². The molecule has 11 heteroatoms. The number of fused-ring (bicyclic) bond motifs is 1. The number of carbonyl (C=O) groups excluding carboxylic acids is 2. The van der Waals surface area contributed by atoms with E-state index in [1.807, 2.05) is 0 Å². The summed E-state index contributed by atoms with van der Waals surface area (Å²) in [5.41, 5.74) is 1.14. The molecule has 0 saturated heterocycles. The van der Waals surface area contributed by atoms with Crippen LogP contribution < -0.4 is 24.8 Å². The van der Waals surface area contributed by atoms with Gasteiger partial charge in [0.2, 0.25) is 5.91 Å². The van der Waals surface area contributed by atoms with Crippen LogP contribution >= 0.6 is 11.6 Å². The van der Waals surface area contributed by atoms with E-state index >= 15 is 0 Å². The summed E-state index contributed by atoms with van der Waals surface area (Å²) < 4.78 is 42.0. The largest absolute Gasteiger partial charge is 0.495 e. The first-order valence-electron chi connectivity index (χ1n) is 9.59. The van der Waals surface area contributed by atoms with E-state index in [4.69, 9.17) is 25.8 Å². The molecule has 0 spiro atoms. The van der Waals surface area contributed by atoms with Crippen LogP contribution in [0.1, 0.15) is 18.9 Å². The highest BCUT2D eigenvalue weighted by Crippen LogP contribution is 2.37. The highest BCUT2D eigenvalue weighted by molar-refractivity contribution is 7.92. The smallest absolute Gasteiger partial charge is 0.262 e. The predicted molar refractivity (Wildman–Crippen MR) is 120 cm³/mol. The lowest BCUT2D eigenvalue weighted by molar-refractivity contribution is -0.118. The van der Waals surface area contributed by atoms with Gasteiger partial charge >= 0.3 is 0 Å². The Labute approximate surface area is 190 Å². The number of hydrogen-bond donors (Lipinski definition) is 2. The maximum absolute atomic E-state index is 13.2. The van der Waals surface area contributed by atoms with Crippen LogP contribution in [0.3, 0.4) is 0 Å². The number of nitrogens with one attached hydrogen (secondary N) is 2. The number of hydrogen-bond acceptors (Lipinski definition) is 7. The summed E-state index contributed by atoms with van der Waals surface area (Å²) in [6.07, 6.45) is -0.302. The van der Waals surface area contributed by atoms with Crippen LogP contribution in [0.5, 0.6) is 17.2 Å². The fraction of sp³-hybridized carbons (Fsp3) is 0.333. The van der Waals surface area contributed by atoms with Crippen molar-refractivity contribution in [2.24, 2.45) is 0 Å². The molecular formula is C21H23ClN2O7S. The quantitative estimate of drug-likeness (QED) is 0.621. The van der Waals surface area contributed by atoms with Gasteiger partial charge in [-0.3, -0.25) is 9.59 Å². The summed E-state index contributed by atoms with van der Waals surface area (Å²) in [5, 5.41) is 4.51. The van der Waals surface area contributed by atoms with Crippen LogP contribution in [0.15, 0.2) is 29.2 Å². The van der Waals surface area contributed by atoms with Crippen LogP contribution in [0.2, 0.25) is 5.02 Å². The Hall–Kier alpha value is -2.98. The third-order valence-corrected chi connectivity index (χ3v) is 7.54. The van der Waals surface area contributed by atoms with Gasteiger partial charge in [0.25, 0.3) is 5.91 Å². The molecule has 3 rings (SSSR count). The number of carbonyl (C=O) groups is 2. The molecule has 9 nitrogen and oxygen atoms in total. The van der Waals surface area contributed by atoms with Gasteiger partial charge in [0, 0.05) is 18.6 Å². The maximum atomic E-state index is 13.2. The van der Waals surface area contributed by atoms with Gasteiger partial charge in [0.15, 0.2) is 16.4 Å². The lowest BCUT2D eigenvalue weighted by atomic mass is 10.2. The molecule has 0 aromatic heterocycles. The van der Waals surface area contributed by atoms with Gasteiger partial charge in [0.1, 0.15) is 17.2 Å². The van der Waals surface area contributed by atoms with Crippen LogP contribution in [0.4, 0.5) is 11.4 Å². The first-order valence-corrected chi connectivity index (χ1v) is 11.5. The molecule has 2 aromatic carbocycles.